The zero-order valence-electron chi connectivity index (χ0n) is 18.4. The number of methoxy groups -OCH3 is 1. The Morgan fingerprint density at radius 2 is 1.68 bits per heavy atom. The lowest BCUT2D eigenvalue weighted by molar-refractivity contribution is -0.143. The number of furan rings is 1. The molecule has 8 heteroatoms. The molecule has 1 aromatic heterocycles. The van der Waals surface area contributed by atoms with Crippen molar-refractivity contribution in [2.45, 2.75) is 12.5 Å². The van der Waals surface area contributed by atoms with Crippen molar-refractivity contribution in [3.05, 3.63) is 84.1 Å². The number of para-hydroxylation sites is 3. The second kappa shape index (κ2) is 8.08. The van der Waals surface area contributed by atoms with Crippen molar-refractivity contribution in [2.75, 3.05) is 17.7 Å². The van der Waals surface area contributed by atoms with Gasteiger partial charge in [-0.1, -0.05) is 24.3 Å². The molecule has 0 fully saturated rings. The molecule has 8 nitrogen and oxygen atoms in total. The highest BCUT2D eigenvalue weighted by Gasteiger charge is 2.47. The van der Waals surface area contributed by atoms with E-state index < -0.39 is 23.2 Å². The predicted octanol–water partition coefficient (Wildman–Crippen LogP) is 4.40. The highest BCUT2D eigenvalue weighted by molar-refractivity contribution is 6.23. The lowest BCUT2D eigenvalue weighted by atomic mass is 10.0. The summed E-state index contributed by atoms with van der Waals surface area (Å²) >= 11 is 0. The molecule has 4 aromatic rings. The molecule has 0 radical (unpaired) electrons. The summed E-state index contributed by atoms with van der Waals surface area (Å²) in [6, 6.07) is 20.3. The molecule has 0 aliphatic carbocycles. The van der Waals surface area contributed by atoms with Gasteiger partial charge in [-0.3, -0.25) is 14.4 Å². The summed E-state index contributed by atoms with van der Waals surface area (Å²) in [7, 11) is 1.53. The molecule has 1 unspecified atom stereocenters. The smallest absolute Gasteiger partial charge is 0.278 e. The van der Waals surface area contributed by atoms with E-state index in [1.165, 1.54) is 14.0 Å². The number of carbonyl (C=O) groups is 3. The molecule has 2 heterocycles. The molecular formula is C26H20N2O6. The zero-order chi connectivity index (χ0) is 23.9. The third-order valence-electron chi connectivity index (χ3n) is 5.71. The first-order valence-corrected chi connectivity index (χ1v) is 10.5. The van der Waals surface area contributed by atoms with Gasteiger partial charge in [0.05, 0.1) is 18.5 Å². The lowest BCUT2D eigenvalue weighted by Crippen LogP contribution is -2.56. The molecule has 1 aliphatic heterocycles. The number of ether oxygens (including phenoxy) is 2. The fourth-order valence-electron chi connectivity index (χ4n) is 3.75. The van der Waals surface area contributed by atoms with Crippen LogP contribution >= 0.6 is 0 Å². The molecule has 0 saturated heterocycles. The third-order valence-corrected chi connectivity index (χ3v) is 5.71. The van der Waals surface area contributed by atoms with Crippen molar-refractivity contribution in [1.82, 2.24) is 0 Å². The van der Waals surface area contributed by atoms with Crippen LogP contribution in [-0.2, 0) is 9.59 Å². The number of benzene rings is 3. The summed E-state index contributed by atoms with van der Waals surface area (Å²) in [5, 5.41) is 5.93. The van der Waals surface area contributed by atoms with Crippen molar-refractivity contribution < 1.29 is 28.3 Å². The average molecular weight is 456 g/mol. The van der Waals surface area contributed by atoms with Gasteiger partial charge in [0.1, 0.15) is 17.1 Å². The van der Waals surface area contributed by atoms with Crippen LogP contribution in [0.25, 0.3) is 11.0 Å². The Bertz CT molecular complexity index is 1440. The summed E-state index contributed by atoms with van der Waals surface area (Å²) in [6.07, 6.45) is 0. The fourth-order valence-corrected chi connectivity index (χ4v) is 3.75. The van der Waals surface area contributed by atoms with Crippen LogP contribution < -0.4 is 20.1 Å². The Balaban J connectivity index is 1.53. The van der Waals surface area contributed by atoms with Gasteiger partial charge < -0.3 is 24.5 Å². The van der Waals surface area contributed by atoms with Crippen molar-refractivity contribution in [2.24, 2.45) is 0 Å². The highest BCUT2D eigenvalue weighted by atomic mass is 16.5. The van der Waals surface area contributed by atoms with Crippen molar-refractivity contribution in [3.63, 3.8) is 0 Å². The van der Waals surface area contributed by atoms with Crippen LogP contribution in [0.4, 0.5) is 11.4 Å². The molecule has 170 valence electrons. The highest BCUT2D eigenvalue weighted by Crippen LogP contribution is 2.36. The number of hydrogen-bond donors (Lipinski definition) is 2. The first-order chi connectivity index (χ1) is 16.4. The largest absolute Gasteiger partial charge is 0.497 e. The first kappa shape index (κ1) is 21.3. The number of carbonyl (C=O) groups excluding carboxylic acids is 3. The topological polar surface area (TPSA) is 107 Å². The van der Waals surface area contributed by atoms with Crippen LogP contribution in [0.3, 0.4) is 0 Å². The van der Waals surface area contributed by atoms with E-state index in [1.807, 2.05) is 0 Å². The van der Waals surface area contributed by atoms with E-state index in [-0.39, 0.29) is 11.4 Å². The van der Waals surface area contributed by atoms with Gasteiger partial charge in [-0.25, -0.2) is 0 Å². The number of fused-ring (bicyclic) bond motifs is 2. The number of anilines is 2. The zero-order valence-corrected chi connectivity index (χ0v) is 18.4. The van der Waals surface area contributed by atoms with Crippen molar-refractivity contribution in [3.8, 4) is 11.5 Å². The molecule has 1 atom stereocenters. The number of nitrogens with one attached hydrogen (secondary N) is 2. The van der Waals surface area contributed by atoms with Gasteiger partial charge in [0, 0.05) is 10.9 Å². The standard InChI is InChI=1S/C26H20N2O6/c1-26(24(30)27-18-8-4-6-10-20(18)34-26)25(31)28-21-17-7-3-5-9-19(17)33-23(21)22(29)15-11-13-16(32-2)14-12-15/h3-14H,1-2H3,(H,27,30)(H,28,31). The maximum Gasteiger partial charge on any atom is 0.278 e. The van der Waals surface area contributed by atoms with E-state index in [0.717, 1.165) is 0 Å². The van der Waals surface area contributed by atoms with E-state index in [9.17, 15) is 14.4 Å². The molecule has 0 saturated carbocycles. The average Bonchev–Trinajstić information content (AvgIpc) is 3.22. The summed E-state index contributed by atoms with van der Waals surface area (Å²) < 4.78 is 16.8. The minimum Gasteiger partial charge on any atom is -0.497 e. The fraction of sp³-hybridized carbons (Fsp3) is 0.115. The molecule has 3 aromatic carbocycles. The monoisotopic (exact) mass is 456 g/mol. The van der Waals surface area contributed by atoms with Crippen LogP contribution in [0, 0.1) is 0 Å². The Kier molecular flexibility index (Phi) is 5.05. The molecule has 0 bridgehead atoms. The molecule has 34 heavy (non-hydrogen) atoms. The van der Waals surface area contributed by atoms with E-state index in [4.69, 9.17) is 13.9 Å². The SMILES string of the molecule is COc1ccc(C(=O)c2oc3ccccc3c2NC(=O)C2(C)Oc3ccccc3NC2=O)cc1. The summed E-state index contributed by atoms with van der Waals surface area (Å²) in [5.41, 5.74) is -0.464. The molecular weight excluding hydrogens is 436 g/mol. The van der Waals surface area contributed by atoms with Gasteiger partial charge in [0.25, 0.3) is 17.4 Å². The predicted molar refractivity (Wildman–Crippen MR) is 125 cm³/mol. The second-order valence-electron chi connectivity index (χ2n) is 7.90. The van der Waals surface area contributed by atoms with E-state index in [1.54, 1.807) is 72.8 Å². The Morgan fingerprint density at radius 1 is 0.971 bits per heavy atom. The Labute approximate surface area is 194 Å². The number of rotatable bonds is 5. The van der Waals surface area contributed by atoms with Gasteiger partial charge in [-0.05, 0) is 55.5 Å². The number of amides is 2. The first-order valence-electron chi connectivity index (χ1n) is 10.5. The maximum absolute atomic E-state index is 13.4. The summed E-state index contributed by atoms with van der Waals surface area (Å²) in [6.45, 7) is 1.38. The summed E-state index contributed by atoms with van der Waals surface area (Å²) in [4.78, 5) is 39.5. The van der Waals surface area contributed by atoms with E-state index in [0.29, 0.717) is 33.7 Å². The van der Waals surface area contributed by atoms with E-state index >= 15 is 0 Å². The van der Waals surface area contributed by atoms with Crippen LogP contribution in [0.15, 0.2) is 77.2 Å². The Morgan fingerprint density at radius 3 is 2.44 bits per heavy atom. The van der Waals surface area contributed by atoms with Gasteiger partial charge in [-0.15, -0.1) is 0 Å². The van der Waals surface area contributed by atoms with Crippen LogP contribution in [0.1, 0.15) is 23.0 Å². The molecule has 2 amide bonds. The molecule has 0 spiro atoms. The van der Waals surface area contributed by atoms with Gasteiger partial charge in [0.2, 0.25) is 5.78 Å². The lowest BCUT2D eigenvalue weighted by Gasteiger charge is -2.33. The maximum atomic E-state index is 13.4. The molecule has 1 aliphatic rings. The molecule has 2 N–H and O–H groups in total. The Hall–Kier alpha value is -4.59. The van der Waals surface area contributed by atoms with Crippen LogP contribution in [-0.4, -0.2) is 30.3 Å². The van der Waals surface area contributed by atoms with Crippen LogP contribution in [0.2, 0.25) is 0 Å². The minimum atomic E-state index is -1.87. The van der Waals surface area contributed by atoms with Gasteiger partial charge in [0.15, 0.2) is 5.76 Å². The second-order valence-corrected chi connectivity index (χ2v) is 7.90. The van der Waals surface area contributed by atoms with Crippen LogP contribution in [0.5, 0.6) is 11.5 Å². The van der Waals surface area contributed by atoms with Gasteiger partial charge >= 0.3 is 0 Å². The number of hydrogen-bond acceptors (Lipinski definition) is 6. The normalized spacial score (nSPS) is 16.8. The third kappa shape index (κ3) is 3.45. The van der Waals surface area contributed by atoms with Crippen molar-refractivity contribution in [1.29, 1.82) is 0 Å². The van der Waals surface area contributed by atoms with Crippen molar-refractivity contribution >= 4 is 39.9 Å². The molecule has 5 rings (SSSR count). The minimum absolute atomic E-state index is 0.0556. The van der Waals surface area contributed by atoms with E-state index in [2.05, 4.69) is 10.6 Å². The number of ketones is 1. The van der Waals surface area contributed by atoms with Gasteiger partial charge in [-0.2, -0.15) is 0 Å². The quantitative estimate of drug-likeness (QED) is 0.341. The summed E-state index contributed by atoms with van der Waals surface area (Å²) in [5.74, 6) is -0.886.